The fourth-order valence-electron chi connectivity index (χ4n) is 2.18. The molecule has 0 spiro atoms. The maximum Gasteiger partial charge on any atom is 0.271 e. The third-order valence-electron chi connectivity index (χ3n) is 3.17. The predicted octanol–water partition coefficient (Wildman–Crippen LogP) is 3.09. The summed E-state index contributed by atoms with van der Waals surface area (Å²) in [5, 5.41) is 16.6. The summed E-state index contributed by atoms with van der Waals surface area (Å²) in [6.45, 7) is 4.45. The van der Waals surface area contributed by atoms with Crippen molar-refractivity contribution in [2.24, 2.45) is 0 Å². The molecule has 0 saturated carbocycles. The van der Waals surface area contributed by atoms with Crippen molar-refractivity contribution in [3.05, 3.63) is 34.4 Å². The van der Waals surface area contributed by atoms with Gasteiger partial charge in [0.25, 0.3) is 5.69 Å². The second kappa shape index (κ2) is 9.07. The van der Waals surface area contributed by atoms with Crippen LogP contribution < -0.4 is 10.6 Å². The minimum Gasteiger partial charge on any atom is -0.325 e. The Balaban J connectivity index is 2.49. The number of rotatable bonds is 9. The molecule has 1 aromatic rings. The summed E-state index contributed by atoms with van der Waals surface area (Å²) in [6.07, 6.45) is 4.23. The number of non-ortho nitro benzene ring substituents is 1. The Morgan fingerprint density at radius 1 is 1.29 bits per heavy atom. The molecule has 0 bridgehead atoms. The Labute approximate surface area is 125 Å². The van der Waals surface area contributed by atoms with Gasteiger partial charge in [-0.2, -0.15) is 0 Å². The van der Waals surface area contributed by atoms with Gasteiger partial charge in [-0.1, -0.05) is 32.8 Å². The van der Waals surface area contributed by atoms with Gasteiger partial charge in [-0.15, -0.1) is 0 Å². The van der Waals surface area contributed by atoms with E-state index in [1.54, 1.807) is 12.1 Å². The molecule has 1 amide bonds. The Hall–Kier alpha value is -1.95. The van der Waals surface area contributed by atoms with Gasteiger partial charge in [0, 0.05) is 23.9 Å². The first-order valence-electron chi connectivity index (χ1n) is 7.34. The van der Waals surface area contributed by atoms with Gasteiger partial charge >= 0.3 is 0 Å². The minimum absolute atomic E-state index is 0.0319. The lowest BCUT2D eigenvalue weighted by Gasteiger charge is -2.17. The maximum absolute atomic E-state index is 11.9. The molecule has 0 aromatic heterocycles. The van der Waals surface area contributed by atoms with Crippen molar-refractivity contribution < 1.29 is 9.72 Å². The predicted molar refractivity (Wildman–Crippen MR) is 83.3 cm³/mol. The fourth-order valence-corrected chi connectivity index (χ4v) is 2.18. The lowest BCUT2D eigenvalue weighted by Crippen LogP contribution is -2.36. The second-order valence-corrected chi connectivity index (χ2v) is 5.01. The molecule has 0 radical (unpaired) electrons. The Kier molecular flexibility index (Phi) is 7.39. The Morgan fingerprint density at radius 2 is 1.95 bits per heavy atom. The minimum atomic E-state index is -0.480. The van der Waals surface area contributed by atoms with Crippen molar-refractivity contribution in [3.8, 4) is 0 Å². The number of carbonyl (C=O) groups is 1. The lowest BCUT2D eigenvalue weighted by molar-refractivity contribution is -0.384. The summed E-state index contributed by atoms with van der Waals surface area (Å²) in [6, 6.07) is 6.29. The van der Waals surface area contributed by atoms with E-state index in [1.165, 1.54) is 12.1 Å². The van der Waals surface area contributed by atoms with E-state index in [0.29, 0.717) is 11.7 Å². The van der Waals surface area contributed by atoms with Crippen LogP contribution in [0.3, 0.4) is 0 Å². The van der Waals surface area contributed by atoms with Crippen LogP contribution in [0.4, 0.5) is 11.4 Å². The van der Waals surface area contributed by atoms with Crippen LogP contribution in [0.2, 0.25) is 0 Å². The number of benzene rings is 1. The van der Waals surface area contributed by atoms with Crippen LogP contribution in [0.1, 0.15) is 39.5 Å². The number of hydrogen-bond acceptors (Lipinski definition) is 4. The molecule has 0 unspecified atom stereocenters. The largest absolute Gasteiger partial charge is 0.325 e. The van der Waals surface area contributed by atoms with E-state index in [0.717, 1.165) is 25.7 Å². The number of nitrogens with one attached hydrogen (secondary N) is 2. The van der Waals surface area contributed by atoms with Crippen LogP contribution >= 0.6 is 0 Å². The summed E-state index contributed by atoms with van der Waals surface area (Å²) in [5.74, 6) is -0.187. The molecular weight excluding hydrogens is 270 g/mol. The van der Waals surface area contributed by atoms with Gasteiger partial charge in [0.2, 0.25) is 5.91 Å². The second-order valence-electron chi connectivity index (χ2n) is 5.01. The van der Waals surface area contributed by atoms with Gasteiger partial charge in [-0.25, -0.2) is 0 Å². The highest BCUT2D eigenvalue weighted by Gasteiger charge is 2.10. The summed E-state index contributed by atoms with van der Waals surface area (Å²) < 4.78 is 0. The summed E-state index contributed by atoms with van der Waals surface area (Å²) >= 11 is 0. The van der Waals surface area contributed by atoms with E-state index >= 15 is 0 Å². The van der Waals surface area contributed by atoms with E-state index < -0.39 is 4.92 Å². The van der Waals surface area contributed by atoms with Gasteiger partial charge < -0.3 is 10.6 Å². The van der Waals surface area contributed by atoms with Crippen LogP contribution in [0, 0.1) is 10.1 Å². The standard InChI is InChI=1S/C15H23N3O3/c1-3-6-12(7-4-2)16-11-15(19)17-13-8-5-9-14(10-13)18(20)21/h5,8-10,12,16H,3-4,6-7,11H2,1-2H3,(H,17,19). The van der Waals surface area contributed by atoms with E-state index in [9.17, 15) is 14.9 Å². The highest BCUT2D eigenvalue weighted by atomic mass is 16.6. The highest BCUT2D eigenvalue weighted by Crippen LogP contribution is 2.16. The molecule has 1 aromatic carbocycles. The number of carbonyl (C=O) groups excluding carboxylic acids is 1. The number of anilines is 1. The zero-order valence-electron chi connectivity index (χ0n) is 12.6. The zero-order chi connectivity index (χ0) is 15.7. The average Bonchev–Trinajstić information content (AvgIpc) is 2.45. The normalized spacial score (nSPS) is 10.6. The van der Waals surface area contributed by atoms with Gasteiger partial charge in [0.15, 0.2) is 0 Å². The van der Waals surface area contributed by atoms with Gasteiger partial charge in [0.05, 0.1) is 11.5 Å². The summed E-state index contributed by atoms with van der Waals surface area (Å²) in [4.78, 5) is 22.1. The maximum atomic E-state index is 11.9. The molecule has 0 aliphatic carbocycles. The molecule has 21 heavy (non-hydrogen) atoms. The van der Waals surface area contributed by atoms with E-state index in [2.05, 4.69) is 24.5 Å². The molecule has 2 N–H and O–H groups in total. The van der Waals surface area contributed by atoms with Crippen LogP contribution in [0.5, 0.6) is 0 Å². The van der Waals surface area contributed by atoms with Crippen molar-refractivity contribution in [1.29, 1.82) is 0 Å². The van der Waals surface area contributed by atoms with Crippen LogP contribution in [0.25, 0.3) is 0 Å². The molecule has 1 rings (SSSR count). The van der Waals surface area contributed by atoms with Gasteiger partial charge in [-0.05, 0) is 18.9 Å². The first-order valence-corrected chi connectivity index (χ1v) is 7.34. The number of hydrogen-bond donors (Lipinski definition) is 2. The molecule has 6 nitrogen and oxygen atoms in total. The molecule has 0 aliphatic rings. The molecule has 0 aliphatic heterocycles. The quantitative estimate of drug-likeness (QED) is 0.541. The van der Waals surface area contributed by atoms with Crippen LogP contribution in [0.15, 0.2) is 24.3 Å². The van der Waals surface area contributed by atoms with Gasteiger partial charge in [0.1, 0.15) is 0 Å². The van der Waals surface area contributed by atoms with Crippen molar-refractivity contribution in [2.75, 3.05) is 11.9 Å². The third kappa shape index (κ3) is 6.35. The third-order valence-corrected chi connectivity index (χ3v) is 3.17. The smallest absolute Gasteiger partial charge is 0.271 e. The van der Waals surface area contributed by atoms with Crippen LogP contribution in [-0.4, -0.2) is 23.4 Å². The molecule has 0 atom stereocenters. The average molecular weight is 293 g/mol. The number of nitro groups is 1. The summed E-state index contributed by atoms with van der Waals surface area (Å²) in [7, 11) is 0. The SMILES string of the molecule is CCCC(CCC)NCC(=O)Nc1cccc([N+](=O)[O-])c1. The van der Waals surface area contributed by atoms with E-state index in [-0.39, 0.29) is 18.1 Å². The molecule has 0 fully saturated rings. The fraction of sp³-hybridized carbons (Fsp3) is 0.533. The van der Waals surface area contributed by atoms with Crippen molar-refractivity contribution in [2.45, 2.75) is 45.6 Å². The molecule has 116 valence electrons. The van der Waals surface area contributed by atoms with Crippen molar-refractivity contribution in [3.63, 3.8) is 0 Å². The zero-order valence-corrected chi connectivity index (χ0v) is 12.6. The number of nitro benzene ring substituents is 1. The lowest BCUT2D eigenvalue weighted by atomic mass is 10.1. The number of nitrogens with zero attached hydrogens (tertiary/aromatic N) is 1. The topological polar surface area (TPSA) is 84.3 Å². The van der Waals surface area contributed by atoms with E-state index in [1.807, 2.05) is 0 Å². The Bertz CT molecular complexity index is 471. The first-order chi connectivity index (χ1) is 10.1. The molecule has 0 saturated heterocycles. The number of amides is 1. The monoisotopic (exact) mass is 293 g/mol. The van der Waals surface area contributed by atoms with Gasteiger partial charge in [-0.3, -0.25) is 14.9 Å². The van der Waals surface area contributed by atoms with Crippen LogP contribution in [-0.2, 0) is 4.79 Å². The molecule has 0 heterocycles. The molecule has 6 heteroatoms. The molecular formula is C15H23N3O3. The van der Waals surface area contributed by atoms with Crippen molar-refractivity contribution in [1.82, 2.24) is 5.32 Å². The summed E-state index contributed by atoms with van der Waals surface area (Å²) in [5.41, 5.74) is 0.411. The van der Waals surface area contributed by atoms with Crippen molar-refractivity contribution >= 4 is 17.3 Å². The Morgan fingerprint density at radius 3 is 2.52 bits per heavy atom. The first kappa shape index (κ1) is 17.1. The van der Waals surface area contributed by atoms with E-state index in [4.69, 9.17) is 0 Å². The highest BCUT2D eigenvalue weighted by molar-refractivity contribution is 5.92.